The SMILES string of the molecule is CCOc1ccccc1/C=N/N1CCN(Cc2ccc(Cl)cc2)CC1.Cl. The maximum atomic E-state index is 5.94. The van der Waals surface area contributed by atoms with Crippen molar-refractivity contribution in [3.63, 3.8) is 0 Å². The number of benzene rings is 2. The summed E-state index contributed by atoms with van der Waals surface area (Å²) in [5.74, 6) is 0.884. The fourth-order valence-corrected chi connectivity index (χ4v) is 3.00. The molecule has 26 heavy (non-hydrogen) atoms. The van der Waals surface area contributed by atoms with Gasteiger partial charge in [-0.1, -0.05) is 35.9 Å². The van der Waals surface area contributed by atoms with Gasteiger partial charge in [-0.05, 0) is 36.8 Å². The lowest BCUT2D eigenvalue weighted by atomic mass is 10.2. The molecule has 6 heteroatoms. The number of nitrogens with zero attached hydrogens (tertiary/aromatic N) is 3. The fraction of sp³-hybridized carbons (Fsp3) is 0.350. The van der Waals surface area contributed by atoms with Crippen molar-refractivity contribution in [2.75, 3.05) is 32.8 Å². The van der Waals surface area contributed by atoms with Gasteiger partial charge in [0.25, 0.3) is 0 Å². The molecule has 1 fully saturated rings. The van der Waals surface area contributed by atoms with Crippen LogP contribution in [0.2, 0.25) is 5.02 Å². The number of hydrogen-bond acceptors (Lipinski definition) is 4. The Morgan fingerprint density at radius 2 is 1.73 bits per heavy atom. The number of hydrazone groups is 1. The maximum absolute atomic E-state index is 5.94. The summed E-state index contributed by atoms with van der Waals surface area (Å²) in [5, 5.41) is 7.55. The Labute approximate surface area is 166 Å². The van der Waals surface area contributed by atoms with Crippen molar-refractivity contribution in [3.05, 3.63) is 64.7 Å². The topological polar surface area (TPSA) is 28.1 Å². The maximum Gasteiger partial charge on any atom is 0.128 e. The highest BCUT2D eigenvalue weighted by Crippen LogP contribution is 2.16. The molecule has 0 bridgehead atoms. The van der Waals surface area contributed by atoms with Crippen molar-refractivity contribution in [1.82, 2.24) is 9.91 Å². The third-order valence-electron chi connectivity index (χ3n) is 4.25. The largest absolute Gasteiger partial charge is 0.493 e. The van der Waals surface area contributed by atoms with Crippen LogP contribution in [0.1, 0.15) is 18.1 Å². The second-order valence-electron chi connectivity index (χ2n) is 6.07. The zero-order valence-corrected chi connectivity index (χ0v) is 16.5. The van der Waals surface area contributed by atoms with Crippen molar-refractivity contribution >= 4 is 30.2 Å². The summed E-state index contributed by atoms with van der Waals surface area (Å²) >= 11 is 5.94. The van der Waals surface area contributed by atoms with Gasteiger partial charge in [0.15, 0.2) is 0 Å². The van der Waals surface area contributed by atoms with E-state index in [0.717, 1.165) is 49.1 Å². The van der Waals surface area contributed by atoms with Crippen LogP contribution in [0.15, 0.2) is 53.6 Å². The van der Waals surface area contributed by atoms with E-state index in [1.54, 1.807) is 0 Å². The van der Waals surface area contributed by atoms with Crippen molar-refractivity contribution in [2.45, 2.75) is 13.5 Å². The van der Waals surface area contributed by atoms with Crippen LogP contribution in [0.25, 0.3) is 0 Å². The lowest BCUT2D eigenvalue weighted by Crippen LogP contribution is -2.43. The van der Waals surface area contributed by atoms with Gasteiger partial charge in [-0.3, -0.25) is 9.91 Å². The predicted octanol–water partition coefficient (Wildman–Crippen LogP) is 4.31. The minimum absolute atomic E-state index is 0. The lowest BCUT2D eigenvalue weighted by molar-refractivity contribution is 0.131. The molecule has 0 N–H and O–H groups in total. The Morgan fingerprint density at radius 1 is 1.04 bits per heavy atom. The van der Waals surface area contributed by atoms with Gasteiger partial charge in [-0.15, -0.1) is 12.4 Å². The van der Waals surface area contributed by atoms with Crippen LogP contribution >= 0.6 is 24.0 Å². The van der Waals surface area contributed by atoms with Crippen LogP contribution < -0.4 is 4.74 Å². The van der Waals surface area contributed by atoms with E-state index in [9.17, 15) is 0 Å². The summed E-state index contributed by atoms with van der Waals surface area (Å²) < 4.78 is 5.64. The number of ether oxygens (including phenoxy) is 1. The summed E-state index contributed by atoms with van der Waals surface area (Å²) in [6.07, 6.45) is 1.90. The molecule has 1 aliphatic heterocycles. The van der Waals surface area contributed by atoms with Gasteiger partial charge in [-0.2, -0.15) is 5.10 Å². The average molecular weight is 394 g/mol. The van der Waals surface area contributed by atoms with E-state index < -0.39 is 0 Å². The number of para-hydroxylation sites is 1. The first kappa shape index (κ1) is 20.6. The quantitative estimate of drug-likeness (QED) is 0.684. The van der Waals surface area contributed by atoms with E-state index in [2.05, 4.69) is 27.1 Å². The Kier molecular flexibility index (Phi) is 8.23. The average Bonchev–Trinajstić information content (AvgIpc) is 2.64. The molecule has 0 unspecified atom stereocenters. The van der Waals surface area contributed by atoms with Crippen LogP contribution in [0.3, 0.4) is 0 Å². The molecular formula is C20H25Cl2N3O. The van der Waals surface area contributed by atoms with E-state index in [1.807, 2.05) is 49.5 Å². The van der Waals surface area contributed by atoms with Crippen LogP contribution in [-0.2, 0) is 6.54 Å². The number of hydrogen-bond donors (Lipinski definition) is 0. The number of halogens is 2. The fourth-order valence-electron chi connectivity index (χ4n) is 2.88. The van der Waals surface area contributed by atoms with Gasteiger partial charge in [0.05, 0.1) is 12.8 Å². The standard InChI is InChI=1S/C20H24ClN3O.ClH/c1-2-25-20-6-4-3-5-18(20)15-22-24-13-11-23(12-14-24)16-17-7-9-19(21)10-8-17;/h3-10,15H,2,11-14,16H2,1H3;1H/b22-15+;. The summed E-state index contributed by atoms with van der Waals surface area (Å²) in [6.45, 7) is 7.49. The molecule has 0 aliphatic carbocycles. The summed E-state index contributed by atoms with van der Waals surface area (Å²) in [6, 6.07) is 16.1. The molecule has 0 saturated carbocycles. The van der Waals surface area contributed by atoms with E-state index >= 15 is 0 Å². The second kappa shape index (κ2) is 10.4. The van der Waals surface area contributed by atoms with Crippen LogP contribution in [0.4, 0.5) is 0 Å². The van der Waals surface area contributed by atoms with E-state index in [4.69, 9.17) is 16.3 Å². The summed E-state index contributed by atoms with van der Waals surface area (Å²) in [4.78, 5) is 2.45. The molecule has 1 saturated heterocycles. The van der Waals surface area contributed by atoms with Crippen LogP contribution in [0, 0.1) is 0 Å². The second-order valence-corrected chi connectivity index (χ2v) is 6.51. The summed E-state index contributed by atoms with van der Waals surface area (Å²) in [5.41, 5.74) is 2.32. The lowest BCUT2D eigenvalue weighted by Gasteiger charge is -2.33. The molecule has 3 rings (SSSR count). The molecule has 0 spiro atoms. The van der Waals surface area contributed by atoms with Gasteiger partial charge in [0.2, 0.25) is 0 Å². The molecule has 0 aromatic heterocycles. The monoisotopic (exact) mass is 393 g/mol. The normalized spacial score (nSPS) is 15.1. The number of rotatable bonds is 6. The molecule has 2 aromatic carbocycles. The highest BCUT2D eigenvalue weighted by molar-refractivity contribution is 6.30. The highest BCUT2D eigenvalue weighted by atomic mass is 35.5. The van der Waals surface area contributed by atoms with E-state index in [1.165, 1.54) is 5.56 Å². The first-order chi connectivity index (χ1) is 12.2. The minimum Gasteiger partial charge on any atom is -0.493 e. The molecule has 2 aromatic rings. The van der Waals surface area contributed by atoms with Gasteiger partial charge < -0.3 is 4.74 Å². The van der Waals surface area contributed by atoms with Crippen molar-refractivity contribution in [1.29, 1.82) is 0 Å². The highest BCUT2D eigenvalue weighted by Gasteiger charge is 2.15. The first-order valence-corrected chi connectivity index (χ1v) is 9.10. The Hall–Kier alpha value is -1.75. The smallest absolute Gasteiger partial charge is 0.128 e. The Morgan fingerprint density at radius 3 is 2.42 bits per heavy atom. The third kappa shape index (κ3) is 5.90. The van der Waals surface area contributed by atoms with Crippen molar-refractivity contribution in [3.8, 4) is 5.75 Å². The number of piperazine rings is 1. The third-order valence-corrected chi connectivity index (χ3v) is 4.50. The molecule has 1 heterocycles. The summed E-state index contributed by atoms with van der Waals surface area (Å²) in [7, 11) is 0. The van der Waals surface area contributed by atoms with Gasteiger partial charge >= 0.3 is 0 Å². The van der Waals surface area contributed by atoms with Crippen LogP contribution in [0.5, 0.6) is 5.75 Å². The van der Waals surface area contributed by atoms with E-state index in [0.29, 0.717) is 6.61 Å². The first-order valence-electron chi connectivity index (χ1n) is 8.72. The predicted molar refractivity (Wildman–Crippen MR) is 111 cm³/mol. The molecular weight excluding hydrogens is 369 g/mol. The molecule has 0 amide bonds. The Balaban J connectivity index is 0.00000243. The van der Waals surface area contributed by atoms with E-state index in [-0.39, 0.29) is 12.4 Å². The Bertz CT molecular complexity index is 698. The molecule has 0 atom stereocenters. The molecule has 4 nitrogen and oxygen atoms in total. The van der Waals surface area contributed by atoms with Gasteiger partial charge in [-0.25, -0.2) is 0 Å². The van der Waals surface area contributed by atoms with Crippen molar-refractivity contribution in [2.24, 2.45) is 5.10 Å². The minimum atomic E-state index is 0. The van der Waals surface area contributed by atoms with Gasteiger partial charge in [0, 0.05) is 43.3 Å². The van der Waals surface area contributed by atoms with Crippen LogP contribution in [-0.4, -0.2) is 48.9 Å². The zero-order valence-electron chi connectivity index (χ0n) is 15.0. The zero-order chi connectivity index (χ0) is 17.5. The molecule has 0 radical (unpaired) electrons. The molecule has 1 aliphatic rings. The molecule has 140 valence electrons. The van der Waals surface area contributed by atoms with Gasteiger partial charge in [0.1, 0.15) is 5.75 Å². The van der Waals surface area contributed by atoms with Crippen molar-refractivity contribution < 1.29 is 4.74 Å².